The third-order valence-corrected chi connectivity index (χ3v) is 6.87. The van der Waals surface area contributed by atoms with Crippen LogP contribution in [0.3, 0.4) is 0 Å². The molecule has 0 saturated heterocycles. The van der Waals surface area contributed by atoms with Gasteiger partial charge in [0.25, 0.3) is 10.0 Å². The number of aromatic carboxylic acids is 1. The van der Waals surface area contributed by atoms with Crippen molar-refractivity contribution >= 4 is 50.3 Å². The number of anilines is 2. The summed E-state index contributed by atoms with van der Waals surface area (Å²) in [5.74, 6) is -1.87. The van der Waals surface area contributed by atoms with Crippen molar-refractivity contribution in [3.8, 4) is 16.9 Å². The van der Waals surface area contributed by atoms with E-state index in [-0.39, 0.29) is 19.8 Å². The minimum absolute atomic E-state index is 0.0165. The van der Waals surface area contributed by atoms with Gasteiger partial charge in [0, 0.05) is 22.9 Å². The van der Waals surface area contributed by atoms with E-state index < -0.39 is 21.7 Å². The van der Waals surface area contributed by atoms with E-state index in [1.165, 1.54) is 12.1 Å². The third-order valence-electron chi connectivity index (χ3n) is 3.66. The minimum Gasteiger partial charge on any atom is -0.507 e. The fraction of sp³-hybridized carbons (Fsp3) is 0. The lowest BCUT2D eigenvalue weighted by Crippen LogP contribution is -2.11. The number of nitrogens with two attached hydrogens (primary N) is 1. The van der Waals surface area contributed by atoms with Crippen LogP contribution in [-0.4, -0.2) is 24.6 Å². The number of hydrogen-bond acceptors (Lipinski definition) is 6. The summed E-state index contributed by atoms with van der Waals surface area (Å²) in [6.45, 7) is 0. The van der Waals surface area contributed by atoms with Gasteiger partial charge in [0.2, 0.25) is 0 Å². The molecule has 0 fully saturated rings. The number of rotatable bonds is 5. The van der Waals surface area contributed by atoms with E-state index in [4.69, 9.17) is 22.4 Å². The molecule has 3 aromatic rings. The number of nitrogen functional groups attached to an aromatic ring is 1. The summed E-state index contributed by atoms with van der Waals surface area (Å²) in [6.07, 6.45) is 0. The highest BCUT2D eigenvalue weighted by Gasteiger charge is 2.22. The van der Waals surface area contributed by atoms with Crippen molar-refractivity contribution in [2.24, 2.45) is 0 Å². The van der Waals surface area contributed by atoms with Crippen molar-refractivity contribution in [3.05, 3.63) is 58.4 Å². The molecule has 0 radical (unpaired) electrons. The number of sulfonamides is 1. The zero-order valence-electron chi connectivity index (χ0n) is 13.5. The highest BCUT2D eigenvalue weighted by molar-refractivity contribution is 7.94. The van der Waals surface area contributed by atoms with Gasteiger partial charge in [-0.25, -0.2) is 13.2 Å². The molecule has 0 amide bonds. The number of halogens is 1. The van der Waals surface area contributed by atoms with Gasteiger partial charge in [0.1, 0.15) is 19.9 Å². The number of phenols is 1. The molecule has 0 saturated carbocycles. The van der Waals surface area contributed by atoms with E-state index in [0.29, 0.717) is 16.8 Å². The lowest BCUT2D eigenvalue weighted by Gasteiger charge is -2.08. The second-order valence-corrected chi connectivity index (χ2v) is 9.05. The van der Waals surface area contributed by atoms with E-state index in [1.807, 2.05) is 0 Å². The molecule has 0 bridgehead atoms. The highest BCUT2D eigenvalue weighted by atomic mass is 35.5. The molecule has 0 aliphatic heterocycles. The molecule has 27 heavy (non-hydrogen) atoms. The molecule has 2 aromatic carbocycles. The first-order valence-corrected chi connectivity index (χ1v) is 10.1. The number of carboxylic acids is 1. The summed E-state index contributed by atoms with van der Waals surface area (Å²) in [5, 5.41) is 18.6. The second kappa shape index (κ2) is 7.10. The largest absolute Gasteiger partial charge is 0.507 e. The standard InChI is InChI=1S/C17H13ClN2O5S2/c18-16-12(10-3-1-2-4-13(10)19)8-15(26-16)27(24,25)20-9-5-6-11(17(22)23)14(21)7-9/h1-8,20-21H,19H2,(H,22,23). The lowest BCUT2D eigenvalue weighted by atomic mass is 10.1. The Bertz CT molecular complexity index is 1140. The predicted molar refractivity (Wildman–Crippen MR) is 105 cm³/mol. The van der Waals surface area contributed by atoms with Crippen LogP contribution < -0.4 is 10.5 Å². The van der Waals surface area contributed by atoms with Gasteiger partial charge in [-0.15, -0.1) is 11.3 Å². The summed E-state index contributed by atoms with van der Waals surface area (Å²) in [6, 6.07) is 11.7. The highest BCUT2D eigenvalue weighted by Crippen LogP contribution is 2.40. The van der Waals surface area contributed by atoms with Crippen LogP contribution in [0.4, 0.5) is 11.4 Å². The van der Waals surface area contributed by atoms with Crippen LogP contribution in [0, 0.1) is 0 Å². The molecule has 5 N–H and O–H groups in total. The maximum Gasteiger partial charge on any atom is 0.339 e. The first-order chi connectivity index (χ1) is 12.7. The quantitative estimate of drug-likeness (QED) is 0.460. The van der Waals surface area contributed by atoms with Gasteiger partial charge in [0.15, 0.2) is 0 Å². The number of carboxylic acid groups (broad SMARTS) is 1. The fourth-order valence-electron chi connectivity index (χ4n) is 2.39. The zero-order chi connectivity index (χ0) is 19.8. The molecule has 0 unspecified atom stereocenters. The lowest BCUT2D eigenvalue weighted by molar-refractivity contribution is 0.0694. The van der Waals surface area contributed by atoms with Gasteiger partial charge in [-0.3, -0.25) is 4.72 Å². The van der Waals surface area contributed by atoms with Crippen molar-refractivity contribution in [2.75, 3.05) is 10.5 Å². The van der Waals surface area contributed by atoms with Crippen LogP contribution in [0.15, 0.2) is 52.7 Å². The van der Waals surface area contributed by atoms with Crippen molar-refractivity contribution in [3.63, 3.8) is 0 Å². The van der Waals surface area contributed by atoms with Crippen molar-refractivity contribution in [1.29, 1.82) is 0 Å². The molecule has 10 heteroatoms. The topological polar surface area (TPSA) is 130 Å². The first-order valence-electron chi connectivity index (χ1n) is 7.42. The number of thiophene rings is 1. The Morgan fingerprint density at radius 1 is 1.11 bits per heavy atom. The van der Waals surface area contributed by atoms with Crippen LogP contribution in [0.1, 0.15) is 10.4 Å². The smallest absolute Gasteiger partial charge is 0.339 e. The Hall–Kier alpha value is -2.75. The average molecular weight is 425 g/mol. The summed E-state index contributed by atoms with van der Waals surface area (Å²) >= 11 is 7.07. The molecule has 0 aliphatic rings. The normalized spacial score (nSPS) is 11.3. The minimum atomic E-state index is -4.00. The van der Waals surface area contributed by atoms with Gasteiger partial charge in [-0.2, -0.15) is 0 Å². The van der Waals surface area contributed by atoms with Gasteiger partial charge < -0.3 is 15.9 Å². The zero-order valence-corrected chi connectivity index (χ0v) is 15.9. The van der Waals surface area contributed by atoms with Crippen LogP contribution >= 0.6 is 22.9 Å². The van der Waals surface area contributed by atoms with Crippen LogP contribution in [0.5, 0.6) is 5.75 Å². The Labute approximate surface area is 163 Å². The van der Waals surface area contributed by atoms with Crippen LogP contribution in [0.2, 0.25) is 4.34 Å². The fourth-order valence-corrected chi connectivity index (χ4v) is 5.19. The molecule has 0 aliphatic carbocycles. The van der Waals surface area contributed by atoms with Crippen LogP contribution in [-0.2, 0) is 10.0 Å². The molecule has 140 valence electrons. The molecule has 1 heterocycles. The summed E-state index contributed by atoms with van der Waals surface area (Å²) < 4.78 is 27.8. The number of aromatic hydroxyl groups is 1. The second-order valence-electron chi connectivity index (χ2n) is 5.48. The number of carbonyl (C=O) groups is 1. The monoisotopic (exact) mass is 424 g/mol. The first kappa shape index (κ1) is 19.0. The van der Waals surface area contributed by atoms with Crippen molar-refractivity contribution in [2.45, 2.75) is 4.21 Å². The van der Waals surface area contributed by atoms with E-state index in [1.54, 1.807) is 24.3 Å². The van der Waals surface area contributed by atoms with Crippen LogP contribution in [0.25, 0.3) is 11.1 Å². The van der Waals surface area contributed by atoms with E-state index in [0.717, 1.165) is 23.5 Å². The number of benzene rings is 2. The number of nitrogens with one attached hydrogen (secondary N) is 1. The maximum atomic E-state index is 12.6. The van der Waals surface area contributed by atoms with E-state index in [2.05, 4.69) is 4.72 Å². The predicted octanol–water partition coefficient (Wildman–Crippen LogP) is 3.86. The van der Waals surface area contributed by atoms with Gasteiger partial charge in [-0.05, 0) is 24.3 Å². The van der Waals surface area contributed by atoms with Gasteiger partial charge >= 0.3 is 5.97 Å². The molecule has 1 aromatic heterocycles. The van der Waals surface area contributed by atoms with E-state index in [9.17, 15) is 18.3 Å². The number of para-hydroxylation sites is 1. The Morgan fingerprint density at radius 3 is 2.44 bits per heavy atom. The Balaban J connectivity index is 1.95. The summed E-state index contributed by atoms with van der Waals surface area (Å²) in [7, 11) is -4.00. The Kier molecular flexibility index (Phi) is 5.01. The van der Waals surface area contributed by atoms with Crippen molar-refractivity contribution < 1.29 is 23.4 Å². The molecule has 0 atom stereocenters. The van der Waals surface area contributed by atoms with Crippen molar-refractivity contribution in [1.82, 2.24) is 0 Å². The van der Waals surface area contributed by atoms with Gasteiger partial charge in [-0.1, -0.05) is 29.8 Å². The molecular weight excluding hydrogens is 412 g/mol. The molecule has 0 spiro atoms. The van der Waals surface area contributed by atoms with Gasteiger partial charge in [0.05, 0.1) is 5.69 Å². The summed E-state index contributed by atoms with van der Waals surface area (Å²) in [5.41, 5.74) is 7.17. The maximum absolute atomic E-state index is 12.6. The molecule has 7 nitrogen and oxygen atoms in total. The molecular formula is C17H13ClN2O5S2. The van der Waals surface area contributed by atoms with E-state index >= 15 is 0 Å². The average Bonchev–Trinajstić information content (AvgIpc) is 2.97. The molecule has 3 rings (SSSR count). The number of hydrogen-bond donors (Lipinski definition) is 4. The Morgan fingerprint density at radius 2 is 1.81 bits per heavy atom. The SMILES string of the molecule is Nc1ccccc1-c1cc(S(=O)(=O)Nc2ccc(C(=O)O)c(O)c2)sc1Cl. The third kappa shape index (κ3) is 3.85. The summed E-state index contributed by atoms with van der Waals surface area (Å²) in [4.78, 5) is 10.9.